The van der Waals surface area contributed by atoms with E-state index < -0.39 is 9.84 Å². The minimum absolute atomic E-state index is 0.0428. The maximum Gasteiger partial charge on any atom is 0.178 e. The first kappa shape index (κ1) is 16.9. The van der Waals surface area contributed by atoms with Crippen LogP contribution in [0.4, 0.5) is 5.69 Å². The number of ether oxygens (including phenoxy) is 1. The number of hydrogen-bond acceptors (Lipinski definition) is 5. The standard InChI is InChI=1S/C14H23NO4S/c1-2-12-20(17,18)14-6-4-13(5-7-14)15-8-3-10-19-11-9-16/h4-7,15-16H,2-3,8-12H2,1H3. The van der Waals surface area contributed by atoms with Crippen LogP contribution in [0.2, 0.25) is 0 Å². The molecule has 0 aromatic heterocycles. The number of rotatable bonds is 10. The zero-order chi connectivity index (χ0) is 14.8. The lowest BCUT2D eigenvalue weighted by Crippen LogP contribution is -2.08. The topological polar surface area (TPSA) is 75.6 Å². The van der Waals surface area contributed by atoms with E-state index in [1.165, 1.54) is 0 Å². The lowest BCUT2D eigenvalue weighted by atomic mass is 10.3. The minimum Gasteiger partial charge on any atom is -0.394 e. The van der Waals surface area contributed by atoms with E-state index in [-0.39, 0.29) is 12.4 Å². The van der Waals surface area contributed by atoms with E-state index >= 15 is 0 Å². The van der Waals surface area contributed by atoms with Crippen LogP contribution in [0, 0.1) is 0 Å². The molecule has 1 rings (SSSR count). The van der Waals surface area contributed by atoms with Gasteiger partial charge in [-0.15, -0.1) is 0 Å². The molecule has 0 heterocycles. The number of nitrogens with one attached hydrogen (secondary N) is 1. The quantitative estimate of drug-likeness (QED) is 0.643. The maximum absolute atomic E-state index is 11.8. The van der Waals surface area contributed by atoms with Crippen molar-refractivity contribution in [2.45, 2.75) is 24.7 Å². The zero-order valence-electron chi connectivity index (χ0n) is 11.8. The van der Waals surface area contributed by atoms with Crippen molar-refractivity contribution >= 4 is 15.5 Å². The summed E-state index contributed by atoms with van der Waals surface area (Å²) >= 11 is 0. The van der Waals surface area contributed by atoms with Gasteiger partial charge in [-0.3, -0.25) is 0 Å². The van der Waals surface area contributed by atoms with Crippen LogP contribution in [0.1, 0.15) is 19.8 Å². The van der Waals surface area contributed by atoms with E-state index in [0.29, 0.717) is 24.5 Å². The van der Waals surface area contributed by atoms with Gasteiger partial charge < -0.3 is 15.2 Å². The smallest absolute Gasteiger partial charge is 0.178 e. The van der Waals surface area contributed by atoms with Gasteiger partial charge >= 0.3 is 0 Å². The first-order valence-corrected chi connectivity index (χ1v) is 8.50. The number of anilines is 1. The Bertz CT molecular complexity index is 470. The second kappa shape index (κ2) is 8.94. The van der Waals surface area contributed by atoms with Gasteiger partial charge in [0.05, 0.1) is 23.9 Å². The predicted molar refractivity (Wildman–Crippen MR) is 79.8 cm³/mol. The Balaban J connectivity index is 2.39. The fraction of sp³-hybridized carbons (Fsp3) is 0.571. The largest absolute Gasteiger partial charge is 0.394 e. The molecule has 0 radical (unpaired) electrons. The van der Waals surface area contributed by atoms with Crippen molar-refractivity contribution in [3.8, 4) is 0 Å². The number of hydrogen-bond donors (Lipinski definition) is 2. The molecule has 0 fully saturated rings. The Hall–Kier alpha value is -1.11. The number of sulfone groups is 1. The SMILES string of the molecule is CCCS(=O)(=O)c1ccc(NCCCOCCO)cc1. The van der Waals surface area contributed by atoms with Crippen LogP contribution in [-0.2, 0) is 14.6 Å². The van der Waals surface area contributed by atoms with E-state index in [1.807, 2.05) is 6.92 Å². The van der Waals surface area contributed by atoms with E-state index in [9.17, 15) is 8.42 Å². The third kappa shape index (κ3) is 5.90. The molecule has 0 aliphatic rings. The summed E-state index contributed by atoms with van der Waals surface area (Å²) in [6, 6.07) is 6.82. The molecular formula is C14H23NO4S. The molecule has 0 bridgehead atoms. The molecule has 0 saturated heterocycles. The monoisotopic (exact) mass is 301 g/mol. The van der Waals surface area contributed by atoms with E-state index in [1.54, 1.807) is 24.3 Å². The lowest BCUT2D eigenvalue weighted by molar-refractivity contribution is 0.0922. The molecule has 114 valence electrons. The normalized spacial score (nSPS) is 11.5. The van der Waals surface area contributed by atoms with E-state index in [0.717, 1.165) is 18.7 Å². The Kier molecular flexibility index (Phi) is 7.58. The summed E-state index contributed by atoms with van der Waals surface area (Å²) in [6.45, 7) is 3.60. The Morgan fingerprint density at radius 2 is 1.90 bits per heavy atom. The summed E-state index contributed by atoms with van der Waals surface area (Å²) in [5.41, 5.74) is 0.891. The van der Waals surface area contributed by atoms with Gasteiger partial charge in [0, 0.05) is 18.8 Å². The Morgan fingerprint density at radius 3 is 2.50 bits per heavy atom. The predicted octanol–water partition coefficient (Wildman–Crippen LogP) is 1.68. The van der Waals surface area contributed by atoms with Crippen LogP contribution in [0.15, 0.2) is 29.2 Å². The molecule has 0 aliphatic heterocycles. The summed E-state index contributed by atoms with van der Waals surface area (Å²) in [4.78, 5) is 0.371. The van der Waals surface area contributed by atoms with Gasteiger partial charge in [-0.05, 0) is 37.1 Å². The van der Waals surface area contributed by atoms with Crippen molar-refractivity contribution in [1.29, 1.82) is 0 Å². The van der Waals surface area contributed by atoms with Crippen molar-refractivity contribution in [3.05, 3.63) is 24.3 Å². The van der Waals surface area contributed by atoms with Crippen LogP contribution in [0.5, 0.6) is 0 Å². The highest BCUT2D eigenvalue weighted by Gasteiger charge is 2.12. The summed E-state index contributed by atoms with van der Waals surface area (Å²) in [5, 5.41) is 11.7. The molecule has 20 heavy (non-hydrogen) atoms. The summed E-state index contributed by atoms with van der Waals surface area (Å²) in [5.74, 6) is 0.183. The van der Waals surface area contributed by atoms with Crippen molar-refractivity contribution in [3.63, 3.8) is 0 Å². The van der Waals surface area contributed by atoms with Crippen molar-refractivity contribution in [1.82, 2.24) is 0 Å². The average Bonchev–Trinajstić information content (AvgIpc) is 2.43. The van der Waals surface area contributed by atoms with Gasteiger partial charge in [0.15, 0.2) is 9.84 Å². The highest BCUT2D eigenvalue weighted by molar-refractivity contribution is 7.91. The van der Waals surface area contributed by atoms with Gasteiger partial charge in [-0.2, -0.15) is 0 Å². The molecule has 6 heteroatoms. The molecule has 0 atom stereocenters. The summed E-state index contributed by atoms with van der Waals surface area (Å²) in [6.07, 6.45) is 1.45. The van der Waals surface area contributed by atoms with Gasteiger partial charge in [-0.1, -0.05) is 6.92 Å². The molecule has 0 unspecified atom stereocenters. The van der Waals surface area contributed by atoms with E-state index in [4.69, 9.17) is 9.84 Å². The van der Waals surface area contributed by atoms with Crippen molar-refractivity contribution in [2.75, 3.05) is 37.4 Å². The number of aliphatic hydroxyl groups excluding tert-OH is 1. The Labute approximate surface area is 120 Å². The molecule has 0 amide bonds. The lowest BCUT2D eigenvalue weighted by Gasteiger charge is -2.08. The first-order valence-electron chi connectivity index (χ1n) is 6.85. The first-order chi connectivity index (χ1) is 9.60. The molecule has 0 spiro atoms. The molecule has 5 nitrogen and oxygen atoms in total. The summed E-state index contributed by atoms with van der Waals surface area (Å²) < 4.78 is 28.8. The van der Waals surface area contributed by atoms with Gasteiger partial charge in [0.1, 0.15) is 0 Å². The third-order valence-corrected chi connectivity index (χ3v) is 4.65. The highest BCUT2D eigenvalue weighted by Crippen LogP contribution is 2.16. The average molecular weight is 301 g/mol. The minimum atomic E-state index is -3.13. The number of benzene rings is 1. The van der Waals surface area contributed by atoms with Gasteiger partial charge in [0.2, 0.25) is 0 Å². The van der Waals surface area contributed by atoms with Gasteiger partial charge in [0.25, 0.3) is 0 Å². The molecule has 0 aliphatic carbocycles. The second-order valence-electron chi connectivity index (χ2n) is 4.46. The molecule has 1 aromatic carbocycles. The molecule has 0 saturated carbocycles. The zero-order valence-corrected chi connectivity index (χ0v) is 12.7. The molecule has 1 aromatic rings. The summed E-state index contributed by atoms with van der Waals surface area (Å²) in [7, 11) is -3.13. The maximum atomic E-state index is 11.8. The second-order valence-corrected chi connectivity index (χ2v) is 6.57. The Morgan fingerprint density at radius 1 is 1.20 bits per heavy atom. The van der Waals surface area contributed by atoms with Crippen LogP contribution < -0.4 is 5.32 Å². The van der Waals surface area contributed by atoms with Crippen LogP contribution in [0.25, 0.3) is 0 Å². The molecular weight excluding hydrogens is 278 g/mol. The third-order valence-electron chi connectivity index (χ3n) is 2.72. The fourth-order valence-electron chi connectivity index (χ4n) is 1.74. The molecule has 2 N–H and O–H groups in total. The van der Waals surface area contributed by atoms with Crippen LogP contribution in [-0.4, -0.2) is 45.6 Å². The van der Waals surface area contributed by atoms with Crippen LogP contribution in [0.3, 0.4) is 0 Å². The van der Waals surface area contributed by atoms with E-state index in [2.05, 4.69) is 5.32 Å². The van der Waals surface area contributed by atoms with Gasteiger partial charge in [-0.25, -0.2) is 8.42 Å². The number of aliphatic hydroxyl groups is 1. The fourth-order valence-corrected chi connectivity index (χ4v) is 3.06. The van der Waals surface area contributed by atoms with Crippen molar-refractivity contribution < 1.29 is 18.3 Å². The van der Waals surface area contributed by atoms with Crippen molar-refractivity contribution in [2.24, 2.45) is 0 Å². The van der Waals surface area contributed by atoms with Crippen LogP contribution >= 0.6 is 0 Å². The highest BCUT2D eigenvalue weighted by atomic mass is 32.2.